The zero-order valence-electron chi connectivity index (χ0n) is 19.5. The van der Waals surface area contributed by atoms with E-state index in [2.05, 4.69) is 79.1 Å². The van der Waals surface area contributed by atoms with Gasteiger partial charge in [0.2, 0.25) is 0 Å². The lowest BCUT2D eigenvalue weighted by molar-refractivity contribution is -0.138. The molecule has 0 aliphatic carbocycles. The number of hydrogen-bond donors (Lipinski definition) is 0. The quantitative estimate of drug-likeness (QED) is 0.192. The van der Waals surface area contributed by atoms with Crippen LogP contribution in [0.25, 0.3) is 11.1 Å². The van der Waals surface area contributed by atoms with Crippen molar-refractivity contribution in [3.8, 4) is 11.1 Å². The molecule has 3 nitrogen and oxygen atoms in total. The molecule has 0 bridgehead atoms. The Morgan fingerprint density at radius 2 is 1.24 bits per heavy atom. The number of esters is 1. The Labute approximate surface area is 202 Å². The van der Waals surface area contributed by atoms with E-state index in [0.29, 0.717) is 0 Å². The summed E-state index contributed by atoms with van der Waals surface area (Å²) in [5.74, 6) is -0.421. The van der Waals surface area contributed by atoms with Gasteiger partial charge in [-0.1, -0.05) is 86.7 Å². The SMILES string of the molecule is C=CC(=O)OCc1ccc(N(c2ccccc2)c2ccc(-c3ccc(CCC)cc3)cc2)cc1. The number of carbonyl (C=O) groups is 1. The summed E-state index contributed by atoms with van der Waals surface area (Å²) in [5.41, 5.74) is 7.89. The smallest absolute Gasteiger partial charge is 0.330 e. The lowest BCUT2D eigenvalue weighted by atomic mass is 10.0. The molecule has 0 saturated heterocycles. The number of carbonyl (C=O) groups excluding carboxylic acids is 1. The molecule has 0 amide bonds. The molecule has 4 rings (SSSR count). The number of rotatable bonds is 9. The molecule has 0 unspecified atom stereocenters. The fraction of sp³-hybridized carbons (Fsp3) is 0.129. The maximum Gasteiger partial charge on any atom is 0.330 e. The monoisotopic (exact) mass is 447 g/mol. The molecule has 0 N–H and O–H groups in total. The fourth-order valence-corrected chi connectivity index (χ4v) is 3.93. The summed E-state index contributed by atoms with van der Waals surface area (Å²) in [5, 5.41) is 0. The summed E-state index contributed by atoms with van der Waals surface area (Å²) in [6.45, 7) is 5.86. The summed E-state index contributed by atoms with van der Waals surface area (Å²) in [4.78, 5) is 13.6. The van der Waals surface area contributed by atoms with Gasteiger partial charge in [0.25, 0.3) is 0 Å². The van der Waals surface area contributed by atoms with Gasteiger partial charge in [0.1, 0.15) is 6.61 Å². The van der Waals surface area contributed by atoms with Gasteiger partial charge in [-0.2, -0.15) is 0 Å². The highest BCUT2D eigenvalue weighted by Gasteiger charge is 2.12. The van der Waals surface area contributed by atoms with Crippen molar-refractivity contribution in [1.82, 2.24) is 0 Å². The highest BCUT2D eigenvalue weighted by molar-refractivity contribution is 5.81. The minimum atomic E-state index is -0.421. The van der Waals surface area contributed by atoms with Crippen LogP contribution in [0.15, 0.2) is 116 Å². The van der Waals surface area contributed by atoms with Crippen molar-refractivity contribution < 1.29 is 9.53 Å². The summed E-state index contributed by atoms with van der Waals surface area (Å²) >= 11 is 0. The number of nitrogens with zero attached hydrogens (tertiary/aromatic N) is 1. The zero-order valence-corrected chi connectivity index (χ0v) is 19.5. The molecule has 0 aliphatic rings. The molecule has 0 radical (unpaired) electrons. The lowest BCUT2D eigenvalue weighted by Gasteiger charge is -2.26. The van der Waals surface area contributed by atoms with Crippen molar-refractivity contribution in [2.24, 2.45) is 0 Å². The van der Waals surface area contributed by atoms with Crippen LogP contribution in [-0.2, 0) is 22.6 Å². The number of benzene rings is 4. The largest absolute Gasteiger partial charge is 0.458 e. The van der Waals surface area contributed by atoms with Gasteiger partial charge in [-0.15, -0.1) is 0 Å². The number of aryl methyl sites for hydroxylation is 1. The van der Waals surface area contributed by atoms with Crippen LogP contribution < -0.4 is 4.90 Å². The van der Waals surface area contributed by atoms with Crippen LogP contribution in [0.4, 0.5) is 17.1 Å². The molecular weight excluding hydrogens is 418 g/mol. The first kappa shape index (κ1) is 23.1. The van der Waals surface area contributed by atoms with Crippen LogP contribution in [0.5, 0.6) is 0 Å². The molecule has 3 heteroatoms. The van der Waals surface area contributed by atoms with Crippen molar-refractivity contribution in [3.05, 3.63) is 127 Å². The highest BCUT2D eigenvalue weighted by atomic mass is 16.5. The number of para-hydroxylation sites is 1. The highest BCUT2D eigenvalue weighted by Crippen LogP contribution is 2.35. The molecule has 0 fully saturated rings. The van der Waals surface area contributed by atoms with Crippen LogP contribution in [0.2, 0.25) is 0 Å². The Morgan fingerprint density at radius 3 is 1.79 bits per heavy atom. The zero-order chi connectivity index (χ0) is 23.8. The number of anilines is 3. The minimum absolute atomic E-state index is 0.224. The summed E-state index contributed by atoms with van der Waals surface area (Å²) in [6.07, 6.45) is 3.44. The van der Waals surface area contributed by atoms with Crippen molar-refractivity contribution in [2.75, 3.05) is 4.90 Å². The third kappa shape index (κ3) is 5.62. The second kappa shape index (κ2) is 11.2. The average molecular weight is 448 g/mol. The molecular formula is C31H29NO2. The van der Waals surface area contributed by atoms with E-state index in [4.69, 9.17) is 4.74 Å². The van der Waals surface area contributed by atoms with Crippen LogP contribution in [-0.4, -0.2) is 5.97 Å². The summed E-state index contributed by atoms with van der Waals surface area (Å²) < 4.78 is 5.15. The molecule has 0 heterocycles. The fourth-order valence-electron chi connectivity index (χ4n) is 3.93. The van der Waals surface area contributed by atoms with Gasteiger partial charge in [-0.05, 0) is 65.1 Å². The Balaban J connectivity index is 1.60. The average Bonchev–Trinajstić information content (AvgIpc) is 2.90. The van der Waals surface area contributed by atoms with E-state index in [9.17, 15) is 4.79 Å². The van der Waals surface area contributed by atoms with E-state index in [0.717, 1.165) is 35.5 Å². The van der Waals surface area contributed by atoms with Gasteiger partial charge in [0.15, 0.2) is 0 Å². The maximum absolute atomic E-state index is 11.4. The van der Waals surface area contributed by atoms with E-state index in [-0.39, 0.29) is 6.61 Å². The lowest BCUT2D eigenvalue weighted by Crippen LogP contribution is -2.10. The summed E-state index contributed by atoms with van der Waals surface area (Å²) in [6, 6.07) is 35.8. The number of ether oxygens (including phenoxy) is 1. The molecule has 34 heavy (non-hydrogen) atoms. The third-order valence-electron chi connectivity index (χ3n) is 5.71. The van der Waals surface area contributed by atoms with Crippen LogP contribution in [0.3, 0.4) is 0 Å². The van der Waals surface area contributed by atoms with Crippen molar-refractivity contribution in [1.29, 1.82) is 0 Å². The first-order valence-corrected chi connectivity index (χ1v) is 11.6. The molecule has 4 aromatic carbocycles. The molecule has 4 aromatic rings. The Morgan fingerprint density at radius 1 is 0.735 bits per heavy atom. The third-order valence-corrected chi connectivity index (χ3v) is 5.71. The second-order valence-corrected chi connectivity index (χ2v) is 8.14. The van der Waals surface area contributed by atoms with Gasteiger partial charge in [0, 0.05) is 23.1 Å². The van der Waals surface area contributed by atoms with E-state index in [1.165, 1.54) is 22.8 Å². The van der Waals surface area contributed by atoms with Gasteiger partial charge >= 0.3 is 5.97 Å². The summed E-state index contributed by atoms with van der Waals surface area (Å²) in [7, 11) is 0. The van der Waals surface area contributed by atoms with E-state index >= 15 is 0 Å². The van der Waals surface area contributed by atoms with Gasteiger partial charge < -0.3 is 9.64 Å². The first-order valence-electron chi connectivity index (χ1n) is 11.6. The molecule has 170 valence electrons. The van der Waals surface area contributed by atoms with E-state index in [1.807, 2.05) is 42.5 Å². The Hall–Kier alpha value is -4.11. The van der Waals surface area contributed by atoms with Crippen molar-refractivity contribution in [2.45, 2.75) is 26.4 Å². The van der Waals surface area contributed by atoms with Gasteiger partial charge in [-0.25, -0.2) is 4.79 Å². The molecule has 0 atom stereocenters. The van der Waals surface area contributed by atoms with Crippen LogP contribution in [0, 0.1) is 0 Å². The van der Waals surface area contributed by atoms with Crippen molar-refractivity contribution in [3.63, 3.8) is 0 Å². The van der Waals surface area contributed by atoms with Crippen LogP contribution in [0.1, 0.15) is 24.5 Å². The molecule has 0 spiro atoms. The van der Waals surface area contributed by atoms with Gasteiger partial charge in [0.05, 0.1) is 0 Å². The first-order chi connectivity index (χ1) is 16.7. The van der Waals surface area contributed by atoms with Crippen LogP contribution >= 0.6 is 0 Å². The molecule has 0 aliphatic heterocycles. The van der Waals surface area contributed by atoms with Crippen molar-refractivity contribution >= 4 is 23.0 Å². The molecule has 0 aromatic heterocycles. The Bertz CT molecular complexity index is 1210. The van der Waals surface area contributed by atoms with E-state index in [1.54, 1.807) is 0 Å². The normalized spacial score (nSPS) is 10.5. The number of hydrogen-bond acceptors (Lipinski definition) is 3. The predicted octanol–water partition coefficient (Wildman–Crippen LogP) is 8.01. The second-order valence-electron chi connectivity index (χ2n) is 8.14. The predicted molar refractivity (Wildman–Crippen MR) is 141 cm³/mol. The maximum atomic E-state index is 11.4. The van der Waals surface area contributed by atoms with Gasteiger partial charge in [-0.3, -0.25) is 0 Å². The standard InChI is InChI=1S/C31H29NO2/c1-3-8-24-11-15-26(16-12-24)27-17-21-30(22-18-27)32(28-9-6-5-7-10-28)29-19-13-25(14-20-29)23-34-31(33)4-2/h4-7,9-22H,2-3,8,23H2,1H3. The molecule has 0 saturated carbocycles. The topological polar surface area (TPSA) is 29.5 Å². The Kier molecular flexibility index (Phi) is 7.56. The van der Waals surface area contributed by atoms with E-state index < -0.39 is 5.97 Å². The minimum Gasteiger partial charge on any atom is -0.458 e.